The molecule has 1 saturated heterocycles. The Bertz CT molecular complexity index is 652. The molecule has 9 nitrogen and oxygen atoms in total. The van der Waals surface area contributed by atoms with Crippen LogP contribution < -0.4 is 17.0 Å². The van der Waals surface area contributed by atoms with Crippen LogP contribution in [0.5, 0.6) is 0 Å². The maximum atomic E-state index is 11.6. The van der Waals surface area contributed by atoms with E-state index < -0.39 is 6.04 Å². The highest BCUT2D eigenvalue weighted by atomic mass is 16.3. The molecule has 0 bridgehead atoms. The summed E-state index contributed by atoms with van der Waals surface area (Å²) in [6.07, 6.45) is 8.20. The molecule has 2 rings (SSSR count). The minimum absolute atomic E-state index is 0.0463. The predicted octanol–water partition coefficient (Wildman–Crippen LogP) is -0.323. The van der Waals surface area contributed by atoms with Gasteiger partial charge in [0, 0.05) is 31.3 Å². The van der Waals surface area contributed by atoms with Gasteiger partial charge < -0.3 is 20.4 Å². The Morgan fingerprint density at radius 2 is 2.14 bits per heavy atom. The normalized spacial score (nSPS) is 16.3. The Labute approximate surface area is 172 Å². The molecule has 0 saturated carbocycles. The second-order valence-corrected chi connectivity index (χ2v) is 7.66. The van der Waals surface area contributed by atoms with E-state index in [1.165, 1.54) is 6.20 Å². The number of β-amino-alcohol motifs (C(OH)–C–C–N with tert-alkyl or cyclic N) is 1. The number of terminal acetylenes is 1. The third kappa shape index (κ3) is 10.6. The van der Waals surface area contributed by atoms with E-state index in [1.807, 2.05) is 0 Å². The Kier molecular flexibility index (Phi) is 12.5. The number of carbonyl (C=O) groups is 2. The van der Waals surface area contributed by atoms with Crippen LogP contribution >= 0.6 is 0 Å². The zero-order valence-electron chi connectivity index (χ0n) is 17.3. The summed E-state index contributed by atoms with van der Waals surface area (Å²) in [6.45, 7) is 7.21. The van der Waals surface area contributed by atoms with Gasteiger partial charge in [0.05, 0.1) is 24.4 Å². The van der Waals surface area contributed by atoms with Gasteiger partial charge in [0.2, 0.25) is 12.3 Å². The molecular formula is C20H33N5O4. The van der Waals surface area contributed by atoms with E-state index >= 15 is 0 Å². The van der Waals surface area contributed by atoms with Crippen molar-refractivity contribution in [3.63, 3.8) is 0 Å². The number of amides is 2. The number of nitrogens with zero attached hydrogens (tertiary/aromatic N) is 2. The van der Waals surface area contributed by atoms with Crippen LogP contribution in [0.1, 0.15) is 50.9 Å². The van der Waals surface area contributed by atoms with E-state index in [2.05, 4.69) is 48.7 Å². The SMILES string of the molecule is C#Cc1ccc(C(CO)NC=O)nc1.CC(C)(C)CC(=O)N1CCC(O)C1.NN. The number of aliphatic hydroxyl groups excluding tert-OH is 2. The van der Waals surface area contributed by atoms with Gasteiger partial charge in [-0.3, -0.25) is 26.3 Å². The first kappa shape index (κ1) is 26.5. The largest absolute Gasteiger partial charge is 0.394 e. The molecule has 29 heavy (non-hydrogen) atoms. The van der Waals surface area contributed by atoms with Crippen LogP contribution in [0.15, 0.2) is 18.3 Å². The third-order valence-electron chi connectivity index (χ3n) is 3.96. The van der Waals surface area contributed by atoms with E-state index in [9.17, 15) is 14.7 Å². The minimum atomic E-state index is -0.473. The molecule has 2 heterocycles. The Morgan fingerprint density at radius 3 is 2.52 bits per heavy atom. The van der Waals surface area contributed by atoms with Crippen molar-refractivity contribution in [3.05, 3.63) is 29.6 Å². The van der Waals surface area contributed by atoms with E-state index in [0.29, 0.717) is 30.6 Å². The summed E-state index contributed by atoms with van der Waals surface area (Å²) in [5, 5.41) is 20.6. The zero-order chi connectivity index (χ0) is 22.4. The van der Waals surface area contributed by atoms with Crippen LogP contribution in [0.25, 0.3) is 0 Å². The molecule has 9 heteroatoms. The van der Waals surface area contributed by atoms with Crippen LogP contribution in [0.3, 0.4) is 0 Å². The molecular weight excluding hydrogens is 374 g/mol. The maximum absolute atomic E-state index is 11.6. The third-order valence-corrected chi connectivity index (χ3v) is 3.96. The van der Waals surface area contributed by atoms with E-state index in [0.717, 1.165) is 13.0 Å². The fourth-order valence-electron chi connectivity index (χ4n) is 2.54. The average Bonchev–Trinajstić information content (AvgIpc) is 3.14. The summed E-state index contributed by atoms with van der Waals surface area (Å²) in [6, 6.07) is 2.91. The molecule has 1 aliphatic heterocycles. The number of hydrazine groups is 1. The second kappa shape index (κ2) is 13.6. The van der Waals surface area contributed by atoms with Crippen molar-refractivity contribution in [2.45, 2.75) is 45.8 Å². The van der Waals surface area contributed by atoms with Gasteiger partial charge >= 0.3 is 0 Å². The van der Waals surface area contributed by atoms with Gasteiger partial charge in [-0.1, -0.05) is 26.7 Å². The molecule has 1 aromatic rings. The van der Waals surface area contributed by atoms with Gasteiger partial charge in [-0.15, -0.1) is 6.42 Å². The molecule has 2 unspecified atom stereocenters. The zero-order valence-corrected chi connectivity index (χ0v) is 17.3. The summed E-state index contributed by atoms with van der Waals surface area (Å²) in [7, 11) is 0. The Balaban J connectivity index is 0.000000499. The molecule has 7 N–H and O–H groups in total. The maximum Gasteiger partial charge on any atom is 0.223 e. The van der Waals surface area contributed by atoms with Crippen molar-refractivity contribution in [2.75, 3.05) is 19.7 Å². The fourth-order valence-corrected chi connectivity index (χ4v) is 2.54. The highest BCUT2D eigenvalue weighted by molar-refractivity contribution is 5.77. The van der Waals surface area contributed by atoms with Crippen LogP contribution in [0.2, 0.25) is 0 Å². The monoisotopic (exact) mass is 407 g/mol. The van der Waals surface area contributed by atoms with Crippen LogP contribution in [0.4, 0.5) is 0 Å². The number of carbonyl (C=O) groups excluding carboxylic acids is 2. The van der Waals surface area contributed by atoms with Crippen molar-refractivity contribution in [1.29, 1.82) is 0 Å². The van der Waals surface area contributed by atoms with Crippen molar-refractivity contribution in [1.82, 2.24) is 15.2 Å². The molecule has 0 spiro atoms. The molecule has 0 aromatic carbocycles. The topological polar surface area (TPSA) is 155 Å². The molecule has 2 atom stereocenters. The first-order valence-electron chi connectivity index (χ1n) is 9.22. The van der Waals surface area contributed by atoms with Crippen molar-refractivity contribution < 1.29 is 19.8 Å². The van der Waals surface area contributed by atoms with Crippen LogP contribution in [-0.4, -0.2) is 58.2 Å². The summed E-state index contributed by atoms with van der Waals surface area (Å²) in [5.74, 6) is 10.6. The summed E-state index contributed by atoms with van der Waals surface area (Å²) < 4.78 is 0. The minimum Gasteiger partial charge on any atom is -0.394 e. The average molecular weight is 408 g/mol. The van der Waals surface area contributed by atoms with Gasteiger partial charge in [0.15, 0.2) is 0 Å². The summed E-state index contributed by atoms with van der Waals surface area (Å²) >= 11 is 0. The number of rotatable bonds is 5. The van der Waals surface area contributed by atoms with Crippen molar-refractivity contribution in [3.8, 4) is 12.3 Å². The number of nitrogens with two attached hydrogens (primary N) is 2. The van der Waals surface area contributed by atoms with E-state index in [1.54, 1.807) is 17.0 Å². The van der Waals surface area contributed by atoms with Crippen molar-refractivity contribution >= 4 is 12.3 Å². The smallest absolute Gasteiger partial charge is 0.223 e. The Hall–Kier alpha value is -2.51. The number of aromatic nitrogens is 1. The number of nitrogens with one attached hydrogen (secondary N) is 1. The van der Waals surface area contributed by atoms with Crippen molar-refractivity contribution in [2.24, 2.45) is 17.1 Å². The highest BCUT2D eigenvalue weighted by Crippen LogP contribution is 2.21. The van der Waals surface area contributed by atoms with Gasteiger partial charge in [-0.05, 0) is 24.0 Å². The van der Waals surface area contributed by atoms with E-state index in [-0.39, 0.29) is 24.0 Å². The lowest BCUT2D eigenvalue weighted by Gasteiger charge is -2.22. The number of pyridine rings is 1. The quantitative estimate of drug-likeness (QED) is 0.194. The van der Waals surface area contributed by atoms with Crippen LogP contribution in [0, 0.1) is 17.8 Å². The molecule has 1 aliphatic rings. The number of hydrogen-bond acceptors (Lipinski definition) is 7. The molecule has 0 radical (unpaired) electrons. The molecule has 162 valence electrons. The molecule has 1 aromatic heterocycles. The van der Waals surface area contributed by atoms with Gasteiger partial charge in [-0.25, -0.2) is 0 Å². The molecule has 1 fully saturated rings. The van der Waals surface area contributed by atoms with Gasteiger partial charge in [0.1, 0.15) is 0 Å². The lowest BCUT2D eigenvalue weighted by Crippen LogP contribution is -2.32. The lowest BCUT2D eigenvalue weighted by molar-refractivity contribution is -0.132. The van der Waals surface area contributed by atoms with E-state index in [4.69, 9.17) is 11.5 Å². The number of aliphatic hydroxyl groups is 2. The van der Waals surface area contributed by atoms with Crippen LogP contribution in [-0.2, 0) is 9.59 Å². The fraction of sp³-hybridized carbons (Fsp3) is 0.550. The number of likely N-dealkylation sites (tertiary alicyclic amines) is 1. The standard InChI is InChI=1S/C10H10N2O2.C10H19NO2.H4N2/c1-2-8-3-4-9(11-5-8)10(6-13)12-7-14;1-10(2,3)6-9(13)11-5-4-8(12)7-11;1-2/h1,3-5,7,10,13H,6H2,(H,12,14);8,12H,4-7H2,1-3H3;1-2H2. The van der Waals surface area contributed by atoms with Gasteiger partial charge in [-0.2, -0.15) is 0 Å². The number of hydrogen-bond donors (Lipinski definition) is 5. The molecule has 2 amide bonds. The summed E-state index contributed by atoms with van der Waals surface area (Å²) in [5.41, 5.74) is 1.29. The highest BCUT2D eigenvalue weighted by Gasteiger charge is 2.27. The first-order valence-corrected chi connectivity index (χ1v) is 9.22. The first-order chi connectivity index (χ1) is 13.7. The Morgan fingerprint density at radius 1 is 1.48 bits per heavy atom. The second-order valence-electron chi connectivity index (χ2n) is 7.66. The predicted molar refractivity (Wildman–Crippen MR) is 111 cm³/mol. The molecule has 0 aliphatic carbocycles. The lowest BCUT2D eigenvalue weighted by atomic mass is 9.92. The summed E-state index contributed by atoms with van der Waals surface area (Å²) in [4.78, 5) is 27.6. The van der Waals surface area contributed by atoms with Gasteiger partial charge in [0.25, 0.3) is 0 Å².